The molecular formula is C17H15N5O3S. The van der Waals surface area contributed by atoms with Crippen LogP contribution in [0.25, 0.3) is 5.69 Å². The van der Waals surface area contributed by atoms with E-state index in [-0.39, 0.29) is 17.2 Å². The van der Waals surface area contributed by atoms with Crippen LogP contribution in [-0.2, 0) is 0 Å². The van der Waals surface area contributed by atoms with Crippen molar-refractivity contribution in [3.8, 4) is 5.69 Å². The highest BCUT2D eigenvalue weighted by atomic mass is 32.2. The summed E-state index contributed by atoms with van der Waals surface area (Å²) in [5.41, 5.74) is 3.33. The maximum absolute atomic E-state index is 12.3. The number of carbonyl (C=O) groups excluding carboxylic acids is 1. The first-order valence-electron chi connectivity index (χ1n) is 7.72. The van der Waals surface area contributed by atoms with Gasteiger partial charge in [-0.25, -0.2) is 0 Å². The van der Waals surface area contributed by atoms with Crippen molar-refractivity contribution in [1.82, 2.24) is 20.2 Å². The van der Waals surface area contributed by atoms with Gasteiger partial charge in [0.1, 0.15) is 0 Å². The normalized spacial score (nSPS) is 10.7. The van der Waals surface area contributed by atoms with Gasteiger partial charge in [-0.15, -0.1) is 5.10 Å². The van der Waals surface area contributed by atoms with Gasteiger partial charge in [0, 0.05) is 17.7 Å². The van der Waals surface area contributed by atoms with Crippen LogP contribution < -0.4 is 0 Å². The average molecular weight is 369 g/mol. The Kier molecular flexibility index (Phi) is 5.08. The number of rotatable bonds is 6. The Morgan fingerprint density at radius 3 is 2.62 bits per heavy atom. The predicted octanol–water partition coefficient (Wildman–Crippen LogP) is 3.16. The first-order chi connectivity index (χ1) is 12.5. The molecule has 0 bridgehead atoms. The number of carbonyl (C=O) groups is 1. The molecule has 0 unspecified atom stereocenters. The number of nitro groups is 1. The zero-order chi connectivity index (χ0) is 18.7. The molecule has 8 nitrogen and oxygen atoms in total. The summed E-state index contributed by atoms with van der Waals surface area (Å²) in [6.45, 7) is 3.95. The Hall–Kier alpha value is -3.07. The minimum Gasteiger partial charge on any atom is -0.293 e. The molecule has 0 fully saturated rings. The predicted molar refractivity (Wildman–Crippen MR) is 96.8 cm³/mol. The SMILES string of the molecule is Cc1ccc(C)c(-n2nnnc2SCC(=O)c2ccc([N+](=O)[O-])cc2)c1. The van der Waals surface area contributed by atoms with Gasteiger partial charge in [0.05, 0.1) is 16.4 Å². The first-order valence-corrected chi connectivity index (χ1v) is 8.71. The van der Waals surface area contributed by atoms with Gasteiger partial charge in [0.2, 0.25) is 5.16 Å². The van der Waals surface area contributed by atoms with Crippen LogP contribution in [0, 0.1) is 24.0 Å². The van der Waals surface area contributed by atoms with Gasteiger partial charge < -0.3 is 0 Å². The number of ketones is 1. The number of thioether (sulfide) groups is 1. The van der Waals surface area contributed by atoms with Crippen molar-refractivity contribution in [2.45, 2.75) is 19.0 Å². The van der Waals surface area contributed by atoms with Gasteiger partial charge in [-0.2, -0.15) is 4.68 Å². The molecule has 0 aliphatic carbocycles. The highest BCUT2D eigenvalue weighted by Crippen LogP contribution is 2.23. The third-order valence-electron chi connectivity index (χ3n) is 3.77. The topological polar surface area (TPSA) is 104 Å². The maximum atomic E-state index is 12.3. The number of hydrogen-bond donors (Lipinski definition) is 0. The smallest absolute Gasteiger partial charge is 0.269 e. The number of Topliss-reactive ketones (excluding diaryl/α,β-unsaturated/α-hetero) is 1. The molecule has 0 N–H and O–H groups in total. The largest absolute Gasteiger partial charge is 0.293 e. The van der Waals surface area contributed by atoms with Gasteiger partial charge in [0.15, 0.2) is 5.78 Å². The fourth-order valence-electron chi connectivity index (χ4n) is 2.35. The minimum absolute atomic E-state index is 0.0481. The van der Waals surface area contributed by atoms with Crippen LogP contribution in [-0.4, -0.2) is 36.7 Å². The molecule has 0 amide bonds. The Morgan fingerprint density at radius 1 is 1.19 bits per heavy atom. The number of benzene rings is 2. The summed E-state index contributed by atoms with van der Waals surface area (Å²) in [6.07, 6.45) is 0. The molecule has 26 heavy (non-hydrogen) atoms. The first kappa shape index (κ1) is 17.7. The summed E-state index contributed by atoms with van der Waals surface area (Å²) in [4.78, 5) is 22.5. The number of aromatic nitrogens is 4. The number of hydrogen-bond acceptors (Lipinski definition) is 7. The highest BCUT2D eigenvalue weighted by Gasteiger charge is 2.15. The Balaban J connectivity index is 1.75. The van der Waals surface area contributed by atoms with E-state index < -0.39 is 4.92 Å². The van der Waals surface area contributed by atoms with E-state index in [0.29, 0.717) is 10.7 Å². The number of non-ortho nitro benzene ring substituents is 1. The van der Waals surface area contributed by atoms with Crippen molar-refractivity contribution >= 4 is 23.2 Å². The molecule has 0 aliphatic heterocycles. The van der Waals surface area contributed by atoms with Gasteiger partial charge in [-0.05, 0) is 53.6 Å². The van der Waals surface area contributed by atoms with Crippen molar-refractivity contribution in [3.63, 3.8) is 0 Å². The summed E-state index contributed by atoms with van der Waals surface area (Å²) < 4.78 is 1.61. The van der Waals surface area contributed by atoms with Crippen LogP contribution in [0.1, 0.15) is 21.5 Å². The Labute approximate surface area is 153 Å². The van der Waals surface area contributed by atoms with Crippen LogP contribution in [0.2, 0.25) is 0 Å². The molecule has 3 rings (SSSR count). The van der Waals surface area contributed by atoms with E-state index >= 15 is 0 Å². The average Bonchev–Trinajstić information content (AvgIpc) is 3.10. The summed E-state index contributed by atoms with van der Waals surface area (Å²) in [7, 11) is 0. The van der Waals surface area contributed by atoms with Gasteiger partial charge in [-0.1, -0.05) is 23.9 Å². The van der Waals surface area contributed by atoms with Gasteiger partial charge in [0.25, 0.3) is 5.69 Å². The molecule has 9 heteroatoms. The lowest BCUT2D eigenvalue weighted by atomic mass is 10.1. The molecule has 3 aromatic rings. The third kappa shape index (κ3) is 3.77. The quantitative estimate of drug-likeness (QED) is 0.284. The van der Waals surface area contributed by atoms with Crippen molar-refractivity contribution in [2.24, 2.45) is 0 Å². The molecular weight excluding hydrogens is 354 g/mol. The second-order valence-corrected chi connectivity index (χ2v) is 6.62. The standard InChI is InChI=1S/C17H15N5O3S/c1-11-3-4-12(2)15(9-11)21-17(18-19-20-21)26-10-16(23)13-5-7-14(8-6-13)22(24)25/h3-9H,10H2,1-2H3. The molecule has 0 spiro atoms. The van der Waals surface area contributed by atoms with Crippen LogP contribution in [0.3, 0.4) is 0 Å². The second-order valence-electron chi connectivity index (χ2n) is 5.68. The lowest BCUT2D eigenvalue weighted by Crippen LogP contribution is -2.06. The molecule has 0 aliphatic rings. The number of tetrazole rings is 1. The van der Waals surface area contributed by atoms with Gasteiger partial charge in [-0.3, -0.25) is 14.9 Å². The second kappa shape index (κ2) is 7.44. The van der Waals surface area contributed by atoms with E-state index in [1.807, 2.05) is 32.0 Å². The van der Waals surface area contributed by atoms with Crippen LogP contribution >= 0.6 is 11.8 Å². The number of aryl methyl sites for hydroxylation is 2. The molecule has 0 radical (unpaired) electrons. The van der Waals surface area contributed by atoms with E-state index in [1.54, 1.807) is 4.68 Å². The molecule has 1 heterocycles. The maximum Gasteiger partial charge on any atom is 0.269 e. The fourth-order valence-corrected chi connectivity index (χ4v) is 3.13. The van der Waals surface area contributed by atoms with Crippen LogP contribution in [0.4, 0.5) is 5.69 Å². The molecule has 1 aromatic heterocycles. The monoisotopic (exact) mass is 369 g/mol. The number of nitrogens with zero attached hydrogens (tertiary/aromatic N) is 5. The molecule has 0 saturated heterocycles. The van der Waals surface area contributed by atoms with E-state index in [1.165, 1.54) is 36.0 Å². The number of nitro benzene ring substituents is 1. The zero-order valence-corrected chi connectivity index (χ0v) is 14.9. The van der Waals surface area contributed by atoms with E-state index in [2.05, 4.69) is 15.5 Å². The van der Waals surface area contributed by atoms with E-state index in [9.17, 15) is 14.9 Å². The Morgan fingerprint density at radius 2 is 1.92 bits per heavy atom. The molecule has 0 saturated carbocycles. The summed E-state index contributed by atoms with van der Waals surface area (Å²) in [5, 5.41) is 22.9. The molecule has 2 aromatic carbocycles. The van der Waals surface area contributed by atoms with Crippen LogP contribution in [0.5, 0.6) is 0 Å². The third-order valence-corrected chi connectivity index (χ3v) is 4.69. The highest BCUT2D eigenvalue weighted by molar-refractivity contribution is 7.99. The van der Waals surface area contributed by atoms with Crippen molar-refractivity contribution < 1.29 is 9.72 Å². The van der Waals surface area contributed by atoms with Crippen molar-refractivity contribution in [2.75, 3.05) is 5.75 Å². The van der Waals surface area contributed by atoms with Crippen molar-refractivity contribution in [1.29, 1.82) is 0 Å². The fraction of sp³-hybridized carbons (Fsp3) is 0.176. The Bertz CT molecular complexity index is 969. The lowest BCUT2D eigenvalue weighted by molar-refractivity contribution is -0.384. The van der Waals surface area contributed by atoms with E-state index in [0.717, 1.165) is 16.8 Å². The van der Waals surface area contributed by atoms with Crippen molar-refractivity contribution in [3.05, 3.63) is 69.3 Å². The lowest BCUT2D eigenvalue weighted by Gasteiger charge is -2.08. The molecule has 132 valence electrons. The summed E-state index contributed by atoms with van der Waals surface area (Å²) in [6, 6.07) is 11.5. The van der Waals surface area contributed by atoms with E-state index in [4.69, 9.17) is 0 Å². The van der Waals surface area contributed by atoms with Crippen LogP contribution in [0.15, 0.2) is 47.6 Å². The zero-order valence-electron chi connectivity index (χ0n) is 14.1. The minimum atomic E-state index is -0.499. The van der Waals surface area contributed by atoms with Gasteiger partial charge >= 0.3 is 0 Å². The molecule has 0 atom stereocenters. The summed E-state index contributed by atoms with van der Waals surface area (Å²) in [5.74, 6) is -0.0244. The summed E-state index contributed by atoms with van der Waals surface area (Å²) >= 11 is 1.22.